The third-order valence-corrected chi connectivity index (χ3v) is 4.49. The Morgan fingerprint density at radius 1 is 1.32 bits per heavy atom. The molecule has 0 radical (unpaired) electrons. The monoisotopic (exact) mass is 360 g/mol. The summed E-state index contributed by atoms with van der Waals surface area (Å²) in [4.78, 5) is -0.255. The molecule has 1 aromatic carbocycles. The second-order valence-electron chi connectivity index (χ2n) is 4.69. The molecule has 1 heterocycles. The lowest BCUT2D eigenvalue weighted by atomic mass is 10.1. The molecule has 1 aliphatic rings. The molecule has 0 amide bonds. The van der Waals surface area contributed by atoms with Crippen molar-refractivity contribution in [1.82, 2.24) is 10.0 Å². The Balaban J connectivity index is 0.00000242. The van der Waals surface area contributed by atoms with Crippen LogP contribution in [0.25, 0.3) is 0 Å². The van der Waals surface area contributed by atoms with Crippen molar-refractivity contribution in [3.63, 3.8) is 0 Å². The molecule has 0 aliphatic carbocycles. The van der Waals surface area contributed by atoms with Crippen LogP contribution in [0.2, 0.25) is 0 Å². The number of hydrogen-bond donors (Lipinski definition) is 2. The summed E-state index contributed by atoms with van der Waals surface area (Å²) in [5.41, 5.74) is 0. The molecule has 0 bridgehead atoms. The van der Waals surface area contributed by atoms with E-state index in [4.69, 9.17) is 0 Å². The molecule has 0 spiro atoms. The van der Waals surface area contributed by atoms with E-state index in [9.17, 15) is 21.6 Å². The van der Waals surface area contributed by atoms with E-state index in [0.717, 1.165) is 25.1 Å². The van der Waals surface area contributed by atoms with E-state index in [1.807, 2.05) is 0 Å². The minimum absolute atomic E-state index is 0. The van der Waals surface area contributed by atoms with Gasteiger partial charge in [0.1, 0.15) is 5.75 Å². The number of hydrogen-bond acceptors (Lipinski definition) is 4. The van der Waals surface area contributed by atoms with Gasteiger partial charge in [0.05, 0.1) is 4.90 Å². The lowest BCUT2D eigenvalue weighted by Gasteiger charge is -2.23. The van der Waals surface area contributed by atoms with E-state index in [-0.39, 0.29) is 23.3 Å². The summed E-state index contributed by atoms with van der Waals surface area (Å²) in [7, 11) is -3.88. The number of ether oxygens (including phenoxy) is 1. The van der Waals surface area contributed by atoms with Crippen molar-refractivity contribution in [3.05, 3.63) is 24.3 Å². The topological polar surface area (TPSA) is 67.4 Å². The van der Waals surface area contributed by atoms with Gasteiger partial charge >= 0.3 is 6.36 Å². The van der Waals surface area contributed by atoms with Crippen LogP contribution in [0.4, 0.5) is 13.2 Å². The van der Waals surface area contributed by atoms with Gasteiger partial charge in [-0.3, -0.25) is 0 Å². The zero-order chi connectivity index (χ0) is 15.5. The molecule has 1 saturated heterocycles. The first-order chi connectivity index (χ1) is 9.76. The summed E-state index contributed by atoms with van der Waals surface area (Å²) in [6.07, 6.45) is -3.33. The average molecular weight is 361 g/mol. The summed E-state index contributed by atoms with van der Waals surface area (Å²) >= 11 is 0. The molecular formula is C12H16ClF3N2O3S. The van der Waals surface area contributed by atoms with Gasteiger partial charge in [-0.05, 0) is 31.5 Å². The predicted octanol–water partition coefficient (Wildman–Crippen LogP) is 2.04. The van der Waals surface area contributed by atoms with Gasteiger partial charge in [-0.15, -0.1) is 25.6 Å². The quantitative estimate of drug-likeness (QED) is 0.862. The van der Waals surface area contributed by atoms with Crippen LogP contribution in [-0.4, -0.2) is 33.9 Å². The lowest BCUT2D eigenvalue weighted by molar-refractivity contribution is -0.274. The summed E-state index contributed by atoms with van der Waals surface area (Å²) in [6, 6.07) is 4.06. The maximum absolute atomic E-state index is 12.1. The number of nitrogens with one attached hydrogen (secondary N) is 2. The van der Waals surface area contributed by atoms with Crippen molar-refractivity contribution in [2.75, 3.05) is 13.1 Å². The summed E-state index contributed by atoms with van der Waals surface area (Å²) in [5.74, 6) is -0.563. The zero-order valence-electron chi connectivity index (χ0n) is 11.4. The fourth-order valence-corrected chi connectivity index (χ4v) is 3.38. The largest absolute Gasteiger partial charge is 0.573 e. The molecule has 10 heteroatoms. The van der Waals surface area contributed by atoms with Crippen LogP contribution in [-0.2, 0) is 10.0 Å². The molecule has 126 valence electrons. The molecule has 1 atom stereocenters. The number of benzene rings is 1. The maximum atomic E-state index is 12.1. The number of halogens is 4. The highest BCUT2D eigenvalue weighted by molar-refractivity contribution is 7.89. The first-order valence-electron chi connectivity index (χ1n) is 6.35. The Morgan fingerprint density at radius 3 is 2.64 bits per heavy atom. The molecule has 22 heavy (non-hydrogen) atoms. The highest BCUT2D eigenvalue weighted by atomic mass is 35.5. The second-order valence-corrected chi connectivity index (χ2v) is 6.40. The van der Waals surface area contributed by atoms with E-state index in [1.54, 1.807) is 0 Å². The Morgan fingerprint density at radius 2 is 2.05 bits per heavy atom. The Labute approximate surface area is 132 Å². The normalized spacial score (nSPS) is 19.3. The molecule has 1 unspecified atom stereocenters. The highest BCUT2D eigenvalue weighted by Gasteiger charge is 2.31. The van der Waals surface area contributed by atoms with Crippen LogP contribution in [0, 0.1) is 0 Å². The van der Waals surface area contributed by atoms with Crippen LogP contribution in [0.3, 0.4) is 0 Å². The molecule has 2 N–H and O–H groups in total. The average Bonchev–Trinajstić information content (AvgIpc) is 2.37. The molecule has 0 aromatic heterocycles. The van der Waals surface area contributed by atoms with Crippen molar-refractivity contribution < 1.29 is 26.3 Å². The van der Waals surface area contributed by atoms with Crippen molar-refractivity contribution in [1.29, 1.82) is 0 Å². The Bertz CT molecular complexity index is 590. The van der Waals surface area contributed by atoms with Gasteiger partial charge in [-0.1, -0.05) is 6.07 Å². The second kappa shape index (κ2) is 7.49. The van der Waals surface area contributed by atoms with Crippen molar-refractivity contribution >= 4 is 22.4 Å². The predicted molar refractivity (Wildman–Crippen MR) is 76.6 cm³/mol. The molecule has 5 nitrogen and oxygen atoms in total. The van der Waals surface area contributed by atoms with Gasteiger partial charge in [-0.2, -0.15) is 0 Å². The SMILES string of the molecule is Cl.O=S(=O)(NC1CCCNC1)c1cccc(OC(F)(F)F)c1. The fourth-order valence-electron chi connectivity index (χ4n) is 2.08. The molecule has 1 fully saturated rings. The van der Waals surface area contributed by atoms with E-state index >= 15 is 0 Å². The maximum Gasteiger partial charge on any atom is 0.573 e. The number of sulfonamides is 1. The fraction of sp³-hybridized carbons (Fsp3) is 0.500. The smallest absolute Gasteiger partial charge is 0.406 e. The third kappa shape index (κ3) is 5.64. The van der Waals surface area contributed by atoms with Crippen LogP contribution >= 0.6 is 12.4 Å². The minimum atomic E-state index is -4.86. The van der Waals surface area contributed by atoms with Gasteiger partial charge in [0.25, 0.3) is 0 Å². The van der Waals surface area contributed by atoms with Crippen molar-refractivity contribution in [2.24, 2.45) is 0 Å². The third-order valence-electron chi connectivity index (χ3n) is 2.97. The molecule has 1 aliphatic heterocycles. The van der Waals surface area contributed by atoms with Crippen molar-refractivity contribution in [3.8, 4) is 5.75 Å². The number of piperidine rings is 1. The number of rotatable bonds is 4. The Hall–Kier alpha value is -1.03. The molecule has 2 rings (SSSR count). The van der Waals surface area contributed by atoms with Crippen LogP contribution in [0.1, 0.15) is 12.8 Å². The minimum Gasteiger partial charge on any atom is -0.406 e. The molecular weight excluding hydrogens is 345 g/mol. The van der Waals surface area contributed by atoms with E-state index in [1.165, 1.54) is 12.1 Å². The summed E-state index contributed by atoms with van der Waals surface area (Å²) in [5, 5.41) is 3.05. The van der Waals surface area contributed by atoms with E-state index in [2.05, 4.69) is 14.8 Å². The van der Waals surface area contributed by atoms with Gasteiger partial charge < -0.3 is 10.1 Å². The van der Waals surface area contributed by atoms with Gasteiger partial charge in [-0.25, -0.2) is 13.1 Å². The summed E-state index contributed by atoms with van der Waals surface area (Å²) in [6.45, 7) is 1.32. The first kappa shape index (κ1) is 19.0. The lowest BCUT2D eigenvalue weighted by Crippen LogP contribution is -2.45. The summed E-state index contributed by atoms with van der Waals surface area (Å²) < 4.78 is 66.9. The van der Waals surface area contributed by atoms with Crippen molar-refractivity contribution in [2.45, 2.75) is 30.1 Å². The molecule has 1 aromatic rings. The van der Waals surface area contributed by atoms with Gasteiger partial charge in [0.2, 0.25) is 10.0 Å². The number of alkyl halides is 3. The standard InChI is InChI=1S/C12H15F3N2O3S.ClH/c13-12(14,15)20-10-4-1-5-11(7-10)21(18,19)17-9-3-2-6-16-8-9;/h1,4-5,7,9,16-17H,2-3,6,8H2;1H. The van der Waals surface area contributed by atoms with Crippen LogP contribution in [0.15, 0.2) is 29.2 Å². The van der Waals surface area contributed by atoms with Crippen LogP contribution < -0.4 is 14.8 Å². The molecule has 0 saturated carbocycles. The zero-order valence-corrected chi connectivity index (χ0v) is 13.0. The first-order valence-corrected chi connectivity index (χ1v) is 7.83. The van der Waals surface area contributed by atoms with Crippen LogP contribution in [0.5, 0.6) is 5.75 Å². The van der Waals surface area contributed by atoms with Gasteiger partial charge in [0, 0.05) is 18.7 Å². The van der Waals surface area contributed by atoms with Gasteiger partial charge in [0.15, 0.2) is 0 Å². The highest BCUT2D eigenvalue weighted by Crippen LogP contribution is 2.25. The Kier molecular flexibility index (Phi) is 6.48. The van der Waals surface area contributed by atoms with E-state index in [0.29, 0.717) is 13.0 Å². The van der Waals surface area contributed by atoms with E-state index < -0.39 is 22.1 Å².